The highest BCUT2D eigenvalue weighted by Gasteiger charge is 2.31. The molecular weight excluding hydrogens is 200 g/mol. The van der Waals surface area contributed by atoms with Crippen molar-refractivity contribution in [1.82, 2.24) is 0 Å². The topological polar surface area (TPSA) is 18.5 Å². The molecule has 0 spiro atoms. The van der Waals surface area contributed by atoms with E-state index in [2.05, 4.69) is 39.8 Å². The van der Waals surface area contributed by atoms with Gasteiger partial charge in [0.15, 0.2) is 0 Å². The van der Waals surface area contributed by atoms with Gasteiger partial charge in [0.1, 0.15) is 19.0 Å². The molecular formula is C14H22O2. The average Bonchev–Trinajstić information content (AvgIpc) is 2.62. The Morgan fingerprint density at radius 1 is 1.12 bits per heavy atom. The summed E-state index contributed by atoms with van der Waals surface area (Å²) in [6.07, 6.45) is 5.97. The predicted octanol–water partition coefficient (Wildman–Crippen LogP) is 3.30. The third-order valence-electron chi connectivity index (χ3n) is 3.18. The molecule has 2 heteroatoms. The summed E-state index contributed by atoms with van der Waals surface area (Å²) in [7, 11) is 0. The van der Waals surface area contributed by atoms with E-state index in [1.54, 1.807) is 0 Å². The molecule has 1 aliphatic carbocycles. The van der Waals surface area contributed by atoms with Gasteiger partial charge in [-0.3, -0.25) is 0 Å². The van der Waals surface area contributed by atoms with Gasteiger partial charge in [-0.05, 0) is 41.6 Å². The lowest BCUT2D eigenvalue weighted by Crippen LogP contribution is -2.24. The first-order valence-corrected chi connectivity index (χ1v) is 6.24. The van der Waals surface area contributed by atoms with Gasteiger partial charge in [-0.15, -0.1) is 0 Å². The van der Waals surface area contributed by atoms with Crippen LogP contribution in [-0.2, 0) is 9.47 Å². The van der Waals surface area contributed by atoms with Crippen LogP contribution in [0.4, 0.5) is 0 Å². The minimum absolute atomic E-state index is 0.147. The molecule has 0 radical (unpaired) electrons. The first-order chi connectivity index (χ1) is 7.58. The SMILES string of the molecule is CC(C)CC1=CC2OCOC2C=C1C(C)C. The summed E-state index contributed by atoms with van der Waals surface area (Å²) >= 11 is 0. The number of hydrogen-bond donors (Lipinski definition) is 0. The Morgan fingerprint density at radius 2 is 1.75 bits per heavy atom. The lowest BCUT2D eigenvalue weighted by atomic mass is 9.83. The number of hydrogen-bond acceptors (Lipinski definition) is 2. The molecule has 0 aromatic rings. The standard InChI is InChI=1S/C14H22O2/c1-9(2)5-11-6-13-14(16-8-15-13)7-12(11)10(3)4/h6-7,9-10,13-14H,5,8H2,1-4H3. The zero-order valence-corrected chi connectivity index (χ0v) is 10.7. The molecule has 2 atom stereocenters. The zero-order valence-electron chi connectivity index (χ0n) is 10.7. The van der Waals surface area contributed by atoms with Gasteiger partial charge in [0, 0.05) is 0 Å². The van der Waals surface area contributed by atoms with Crippen LogP contribution in [0.1, 0.15) is 34.1 Å². The molecule has 0 aromatic heterocycles. The summed E-state index contributed by atoms with van der Waals surface area (Å²) in [6, 6.07) is 0. The van der Waals surface area contributed by atoms with Crippen LogP contribution >= 0.6 is 0 Å². The van der Waals surface area contributed by atoms with Gasteiger partial charge in [0.2, 0.25) is 0 Å². The third kappa shape index (κ3) is 2.38. The van der Waals surface area contributed by atoms with Crippen molar-refractivity contribution in [3.05, 3.63) is 23.3 Å². The summed E-state index contributed by atoms with van der Waals surface area (Å²) < 4.78 is 11.1. The number of rotatable bonds is 3. The first kappa shape index (κ1) is 11.9. The summed E-state index contributed by atoms with van der Waals surface area (Å²) in [5, 5.41) is 0. The van der Waals surface area contributed by atoms with E-state index in [9.17, 15) is 0 Å². The van der Waals surface area contributed by atoms with Gasteiger partial charge in [-0.25, -0.2) is 0 Å². The predicted molar refractivity (Wildman–Crippen MR) is 65.1 cm³/mol. The third-order valence-corrected chi connectivity index (χ3v) is 3.18. The molecule has 90 valence electrons. The van der Waals surface area contributed by atoms with E-state index in [-0.39, 0.29) is 12.2 Å². The molecule has 0 aromatic carbocycles. The molecule has 0 saturated carbocycles. The van der Waals surface area contributed by atoms with E-state index in [1.165, 1.54) is 11.1 Å². The highest BCUT2D eigenvalue weighted by Crippen LogP contribution is 2.33. The molecule has 1 heterocycles. The Morgan fingerprint density at radius 3 is 2.31 bits per heavy atom. The minimum Gasteiger partial charge on any atom is -0.345 e. The fourth-order valence-corrected chi connectivity index (χ4v) is 2.44. The van der Waals surface area contributed by atoms with E-state index in [1.807, 2.05) is 0 Å². The Balaban J connectivity index is 2.21. The van der Waals surface area contributed by atoms with Gasteiger partial charge < -0.3 is 9.47 Å². The minimum atomic E-state index is 0.147. The number of fused-ring (bicyclic) bond motifs is 1. The molecule has 16 heavy (non-hydrogen) atoms. The quantitative estimate of drug-likeness (QED) is 0.729. The summed E-state index contributed by atoms with van der Waals surface area (Å²) in [5.41, 5.74) is 2.90. The second kappa shape index (κ2) is 4.72. The molecule has 0 N–H and O–H groups in total. The van der Waals surface area contributed by atoms with Crippen LogP contribution in [0.25, 0.3) is 0 Å². The van der Waals surface area contributed by atoms with Crippen LogP contribution in [-0.4, -0.2) is 19.0 Å². The van der Waals surface area contributed by atoms with Crippen molar-refractivity contribution in [2.75, 3.05) is 6.79 Å². The van der Waals surface area contributed by atoms with Crippen molar-refractivity contribution < 1.29 is 9.47 Å². The molecule has 2 nitrogen and oxygen atoms in total. The van der Waals surface area contributed by atoms with E-state index in [0.717, 1.165) is 6.42 Å². The van der Waals surface area contributed by atoms with Crippen LogP contribution in [0.15, 0.2) is 23.3 Å². The maximum absolute atomic E-state index is 5.55. The maximum atomic E-state index is 5.55. The van der Waals surface area contributed by atoms with Gasteiger partial charge in [-0.1, -0.05) is 27.7 Å². The van der Waals surface area contributed by atoms with Gasteiger partial charge >= 0.3 is 0 Å². The van der Waals surface area contributed by atoms with Crippen molar-refractivity contribution in [3.63, 3.8) is 0 Å². The molecule has 2 rings (SSSR count). The van der Waals surface area contributed by atoms with E-state index in [4.69, 9.17) is 9.47 Å². The second-order valence-electron chi connectivity index (χ2n) is 5.45. The Hall–Kier alpha value is -0.600. The summed E-state index contributed by atoms with van der Waals surface area (Å²) in [5.74, 6) is 1.25. The fraction of sp³-hybridized carbons (Fsp3) is 0.714. The maximum Gasteiger partial charge on any atom is 0.148 e. The Kier molecular flexibility index (Phi) is 3.50. The van der Waals surface area contributed by atoms with Crippen LogP contribution in [0.2, 0.25) is 0 Å². The number of ether oxygens (including phenoxy) is 2. The fourth-order valence-electron chi connectivity index (χ4n) is 2.44. The van der Waals surface area contributed by atoms with Crippen molar-refractivity contribution in [1.29, 1.82) is 0 Å². The molecule has 2 unspecified atom stereocenters. The Bertz CT molecular complexity index is 313. The highest BCUT2D eigenvalue weighted by atomic mass is 16.7. The molecule has 1 saturated heterocycles. The first-order valence-electron chi connectivity index (χ1n) is 6.24. The summed E-state index contributed by atoms with van der Waals surface area (Å²) in [6.45, 7) is 9.45. The average molecular weight is 222 g/mol. The zero-order chi connectivity index (χ0) is 11.7. The van der Waals surface area contributed by atoms with Gasteiger partial charge in [0.25, 0.3) is 0 Å². The second-order valence-corrected chi connectivity index (χ2v) is 5.45. The number of allylic oxidation sites excluding steroid dienone is 2. The molecule has 1 aliphatic heterocycles. The van der Waals surface area contributed by atoms with E-state index < -0.39 is 0 Å². The smallest absolute Gasteiger partial charge is 0.148 e. The molecule has 0 bridgehead atoms. The lowest BCUT2D eigenvalue weighted by molar-refractivity contribution is 0.0502. The lowest BCUT2D eigenvalue weighted by Gasteiger charge is -2.25. The van der Waals surface area contributed by atoms with Crippen LogP contribution < -0.4 is 0 Å². The van der Waals surface area contributed by atoms with Crippen molar-refractivity contribution in [2.45, 2.75) is 46.3 Å². The van der Waals surface area contributed by atoms with E-state index in [0.29, 0.717) is 18.6 Å². The van der Waals surface area contributed by atoms with Crippen LogP contribution in [0.3, 0.4) is 0 Å². The van der Waals surface area contributed by atoms with Gasteiger partial charge in [-0.2, -0.15) is 0 Å². The van der Waals surface area contributed by atoms with Crippen LogP contribution in [0.5, 0.6) is 0 Å². The largest absolute Gasteiger partial charge is 0.345 e. The van der Waals surface area contributed by atoms with E-state index >= 15 is 0 Å². The monoisotopic (exact) mass is 222 g/mol. The van der Waals surface area contributed by atoms with Crippen molar-refractivity contribution in [3.8, 4) is 0 Å². The Labute approximate surface area is 98.3 Å². The van der Waals surface area contributed by atoms with Gasteiger partial charge in [0.05, 0.1) is 0 Å². The molecule has 2 aliphatic rings. The normalized spacial score (nSPS) is 29.4. The van der Waals surface area contributed by atoms with Crippen LogP contribution in [0, 0.1) is 11.8 Å². The molecule has 0 amide bonds. The molecule has 1 fully saturated rings. The highest BCUT2D eigenvalue weighted by molar-refractivity contribution is 5.39. The summed E-state index contributed by atoms with van der Waals surface area (Å²) in [4.78, 5) is 0. The van der Waals surface area contributed by atoms with Crippen molar-refractivity contribution in [2.24, 2.45) is 11.8 Å². The van der Waals surface area contributed by atoms with Crippen molar-refractivity contribution >= 4 is 0 Å².